The summed E-state index contributed by atoms with van der Waals surface area (Å²) in [5.74, 6) is 1.50. The van der Waals surface area contributed by atoms with Gasteiger partial charge in [0.2, 0.25) is 5.91 Å². The topological polar surface area (TPSA) is 42.4 Å². The summed E-state index contributed by atoms with van der Waals surface area (Å²) in [5.41, 5.74) is 1.14. The van der Waals surface area contributed by atoms with Crippen molar-refractivity contribution in [2.75, 3.05) is 19.7 Å². The van der Waals surface area contributed by atoms with Crippen molar-refractivity contribution in [1.82, 2.24) is 9.88 Å². The number of benzene rings is 1. The van der Waals surface area contributed by atoms with Crippen molar-refractivity contribution in [3.05, 3.63) is 46.4 Å². The first-order valence-electron chi connectivity index (χ1n) is 8.20. The number of para-hydroxylation sites is 1. The van der Waals surface area contributed by atoms with Gasteiger partial charge in [-0.15, -0.1) is 11.3 Å². The summed E-state index contributed by atoms with van der Waals surface area (Å²) < 4.78 is 5.79. The number of fused-ring (bicyclic) bond motifs is 1. The Balaban J connectivity index is 1.45. The van der Waals surface area contributed by atoms with Gasteiger partial charge in [0.1, 0.15) is 12.4 Å². The summed E-state index contributed by atoms with van der Waals surface area (Å²) in [6, 6.07) is 8.03. The second-order valence-corrected chi connectivity index (χ2v) is 7.24. The molecule has 2 aromatic rings. The van der Waals surface area contributed by atoms with Gasteiger partial charge in [0.05, 0.1) is 10.9 Å². The standard InChI is InChI=1S/C18H20N2O2S/c21-18(15-10-13-4-1-2-6-16(13)22-12-15)20-8-3-5-14(11-20)17-19-7-9-23-17/h1-2,4,6-7,9,14-15H,3,5,8,10-12H2/t14-,15+/m0/s1. The number of hydrogen-bond acceptors (Lipinski definition) is 4. The van der Waals surface area contributed by atoms with Crippen LogP contribution in [0.3, 0.4) is 0 Å². The number of piperidine rings is 1. The predicted octanol–water partition coefficient (Wildman–Crippen LogP) is 3.10. The zero-order valence-electron chi connectivity index (χ0n) is 13.0. The summed E-state index contributed by atoms with van der Waals surface area (Å²) in [7, 11) is 0. The minimum absolute atomic E-state index is 0.0556. The SMILES string of the molecule is O=C([C@H]1COc2ccccc2C1)N1CCC[C@H](c2nccs2)C1. The number of aromatic nitrogens is 1. The fourth-order valence-electron chi connectivity index (χ4n) is 3.56. The monoisotopic (exact) mass is 328 g/mol. The van der Waals surface area contributed by atoms with E-state index in [1.807, 2.05) is 34.7 Å². The number of carbonyl (C=O) groups excluding carboxylic acids is 1. The molecule has 0 radical (unpaired) electrons. The number of ether oxygens (including phenoxy) is 1. The lowest BCUT2D eigenvalue weighted by Crippen LogP contribution is -2.45. The summed E-state index contributed by atoms with van der Waals surface area (Å²) in [4.78, 5) is 19.4. The largest absolute Gasteiger partial charge is 0.492 e. The van der Waals surface area contributed by atoms with E-state index >= 15 is 0 Å². The lowest BCUT2D eigenvalue weighted by atomic mass is 9.93. The molecule has 4 nitrogen and oxygen atoms in total. The van der Waals surface area contributed by atoms with Gasteiger partial charge in [-0.1, -0.05) is 18.2 Å². The van der Waals surface area contributed by atoms with E-state index in [1.54, 1.807) is 11.3 Å². The molecule has 3 heterocycles. The minimum atomic E-state index is -0.0556. The molecule has 2 aliphatic rings. The van der Waals surface area contributed by atoms with Crippen LogP contribution in [0.25, 0.3) is 0 Å². The maximum absolute atomic E-state index is 12.9. The third kappa shape index (κ3) is 2.98. The van der Waals surface area contributed by atoms with E-state index in [4.69, 9.17) is 4.74 Å². The van der Waals surface area contributed by atoms with Gasteiger partial charge in [-0.3, -0.25) is 4.79 Å². The molecule has 0 saturated carbocycles. The molecule has 0 bridgehead atoms. The van der Waals surface area contributed by atoms with Crippen molar-refractivity contribution in [2.45, 2.75) is 25.2 Å². The van der Waals surface area contributed by atoms with E-state index in [0.717, 1.165) is 48.7 Å². The van der Waals surface area contributed by atoms with Crippen LogP contribution in [0.5, 0.6) is 5.75 Å². The normalized spacial score (nSPS) is 23.9. The highest BCUT2D eigenvalue weighted by Gasteiger charge is 2.33. The van der Waals surface area contributed by atoms with E-state index in [-0.39, 0.29) is 11.8 Å². The van der Waals surface area contributed by atoms with Gasteiger partial charge in [0, 0.05) is 30.6 Å². The Morgan fingerprint density at radius 3 is 3.13 bits per heavy atom. The van der Waals surface area contributed by atoms with Crippen LogP contribution in [-0.2, 0) is 11.2 Å². The van der Waals surface area contributed by atoms with Crippen LogP contribution in [0.15, 0.2) is 35.8 Å². The zero-order chi connectivity index (χ0) is 15.6. The summed E-state index contributed by atoms with van der Waals surface area (Å²) in [6.45, 7) is 2.15. The molecule has 1 aromatic carbocycles. The minimum Gasteiger partial charge on any atom is -0.492 e. The highest BCUT2D eigenvalue weighted by Crippen LogP contribution is 2.31. The van der Waals surface area contributed by atoms with Crippen molar-refractivity contribution in [3.8, 4) is 5.75 Å². The Kier molecular flexibility index (Phi) is 4.04. The van der Waals surface area contributed by atoms with Gasteiger partial charge >= 0.3 is 0 Å². The Labute approximate surface area is 140 Å². The number of nitrogens with zero attached hydrogens (tertiary/aromatic N) is 2. The smallest absolute Gasteiger partial charge is 0.229 e. The second-order valence-electron chi connectivity index (χ2n) is 6.31. The highest BCUT2D eigenvalue weighted by molar-refractivity contribution is 7.09. The van der Waals surface area contributed by atoms with Gasteiger partial charge in [-0.25, -0.2) is 4.98 Å². The molecule has 4 rings (SSSR count). The fourth-order valence-corrected chi connectivity index (χ4v) is 4.33. The lowest BCUT2D eigenvalue weighted by molar-refractivity contribution is -0.138. The Morgan fingerprint density at radius 2 is 2.26 bits per heavy atom. The Morgan fingerprint density at radius 1 is 1.35 bits per heavy atom. The van der Waals surface area contributed by atoms with E-state index in [2.05, 4.69) is 11.1 Å². The van der Waals surface area contributed by atoms with Crippen LogP contribution < -0.4 is 4.74 Å². The molecular formula is C18H20N2O2S. The molecule has 1 amide bonds. The van der Waals surface area contributed by atoms with E-state index < -0.39 is 0 Å². The third-order valence-corrected chi connectivity index (χ3v) is 5.70. The molecule has 1 saturated heterocycles. The van der Waals surface area contributed by atoms with Gasteiger partial charge < -0.3 is 9.64 Å². The zero-order valence-corrected chi connectivity index (χ0v) is 13.8. The average Bonchev–Trinajstić information content (AvgIpc) is 3.15. The maximum atomic E-state index is 12.9. The molecule has 23 heavy (non-hydrogen) atoms. The maximum Gasteiger partial charge on any atom is 0.229 e. The number of rotatable bonds is 2. The molecule has 120 valence electrons. The van der Waals surface area contributed by atoms with E-state index in [9.17, 15) is 4.79 Å². The number of thiazole rings is 1. The molecule has 0 aliphatic carbocycles. The third-order valence-electron chi connectivity index (χ3n) is 4.76. The van der Waals surface area contributed by atoms with Gasteiger partial charge in [-0.2, -0.15) is 0 Å². The first-order valence-corrected chi connectivity index (χ1v) is 9.08. The molecule has 1 fully saturated rings. The van der Waals surface area contributed by atoms with Crippen LogP contribution in [0, 0.1) is 5.92 Å². The number of likely N-dealkylation sites (tertiary alicyclic amines) is 1. The van der Waals surface area contributed by atoms with Crippen molar-refractivity contribution in [3.63, 3.8) is 0 Å². The summed E-state index contributed by atoms with van der Waals surface area (Å²) in [5, 5.41) is 3.18. The van der Waals surface area contributed by atoms with Crippen molar-refractivity contribution < 1.29 is 9.53 Å². The molecule has 0 spiro atoms. The van der Waals surface area contributed by atoms with Crippen LogP contribution in [0.4, 0.5) is 0 Å². The molecule has 5 heteroatoms. The number of hydrogen-bond donors (Lipinski definition) is 0. The summed E-state index contributed by atoms with van der Waals surface area (Å²) in [6.07, 6.45) is 4.82. The number of amides is 1. The van der Waals surface area contributed by atoms with Crippen LogP contribution in [0.2, 0.25) is 0 Å². The quantitative estimate of drug-likeness (QED) is 0.851. The Bertz CT molecular complexity index is 686. The lowest BCUT2D eigenvalue weighted by Gasteiger charge is -2.35. The van der Waals surface area contributed by atoms with E-state index in [1.165, 1.54) is 0 Å². The average molecular weight is 328 g/mol. The highest BCUT2D eigenvalue weighted by atomic mass is 32.1. The Hall–Kier alpha value is -1.88. The first kappa shape index (κ1) is 14.7. The number of carbonyl (C=O) groups is 1. The molecular weight excluding hydrogens is 308 g/mol. The first-order chi connectivity index (χ1) is 11.3. The van der Waals surface area contributed by atoms with Crippen LogP contribution in [0.1, 0.15) is 29.3 Å². The van der Waals surface area contributed by atoms with Crippen molar-refractivity contribution in [1.29, 1.82) is 0 Å². The van der Waals surface area contributed by atoms with E-state index in [0.29, 0.717) is 12.5 Å². The molecule has 2 atom stereocenters. The molecule has 0 unspecified atom stereocenters. The van der Waals surface area contributed by atoms with Gasteiger partial charge in [-0.05, 0) is 30.9 Å². The van der Waals surface area contributed by atoms with Gasteiger partial charge in [0.25, 0.3) is 0 Å². The molecule has 0 N–H and O–H groups in total. The second kappa shape index (κ2) is 6.32. The predicted molar refractivity (Wildman–Crippen MR) is 89.8 cm³/mol. The van der Waals surface area contributed by atoms with Crippen molar-refractivity contribution in [2.24, 2.45) is 5.92 Å². The van der Waals surface area contributed by atoms with Crippen molar-refractivity contribution >= 4 is 17.2 Å². The molecule has 2 aliphatic heterocycles. The molecule has 1 aromatic heterocycles. The van der Waals surface area contributed by atoms with Crippen LogP contribution >= 0.6 is 11.3 Å². The van der Waals surface area contributed by atoms with Crippen LogP contribution in [-0.4, -0.2) is 35.5 Å². The van der Waals surface area contributed by atoms with Gasteiger partial charge in [0.15, 0.2) is 0 Å². The fraction of sp³-hybridized carbons (Fsp3) is 0.444. The summed E-state index contributed by atoms with van der Waals surface area (Å²) >= 11 is 1.70.